The van der Waals surface area contributed by atoms with Crippen LogP contribution in [0.15, 0.2) is 24.5 Å². The van der Waals surface area contributed by atoms with Crippen LogP contribution in [-0.4, -0.2) is 19.7 Å². The predicted molar refractivity (Wildman–Crippen MR) is 48.6 cm³/mol. The van der Waals surface area contributed by atoms with E-state index in [2.05, 4.69) is 15.2 Å². The lowest BCUT2D eigenvalue weighted by atomic mass is 10.4. The molecule has 2 aromatic heterocycles. The highest BCUT2D eigenvalue weighted by Crippen LogP contribution is 2.09. The van der Waals surface area contributed by atoms with E-state index >= 15 is 0 Å². The van der Waals surface area contributed by atoms with Crippen molar-refractivity contribution in [3.63, 3.8) is 0 Å². The van der Waals surface area contributed by atoms with Crippen molar-refractivity contribution in [2.75, 3.05) is 0 Å². The van der Waals surface area contributed by atoms with Gasteiger partial charge < -0.3 is 0 Å². The highest BCUT2D eigenvalue weighted by Gasteiger charge is 2.05. The molecule has 66 valence electrons. The molecule has 4 nitrogen and oxygen atoms in total. The van der Waals surface area contributed by atoms with Crippen LogP contribution in [0.1, 0.15) is 11.6 Å². The molecule has 0 radical (unpaired) electrons. The quantitative estimate of drug-likeness (QED) is 0.654. The molecule has 2 heterocycles. The Morgan fingerprint density at radius 1 is 1.15 bits per heavy atom. The number of pyridine rings is 1. The molecule has 4 heteroatoms. The molecule has 0 fully saturated rings. The third kappa shape index (κ3) is 1.30. The summed E-state index contributed by atoms with van der Waals surface area (Å²) in [7, 11) is 0. The summed E-state index contributed by atoms with van der Waals surface area (Å²) in [6, 6.07) is 3.88. The van der Waals surface area contributed by atoms with E-state index in [1.165, 1.54) is 0 Å². The SMILES string of the molecule is Cc1nnc(C)n1-c1cccnc1. The van der Waals surface area contributed by atoms with Crippen LogP contribution in [-0.2, 0) is 0 Å². The molecule has 0 saturated heterocycles. The summed E-state index contributed by atoms with van der Waals surface area (Å²) >= 11 is 0. The summed E-state index contributed by atoms with van der Waals surface area (Å²) in [5.74, 6) is 1.76. The van der Waals surface area contributed by atoms with Gasteiger partial charge >= 0.3 is 0 Å². The average molecular weight is 174 g/mol. The summed E-state index contributed by atoms with van der Waals surface area (Å²) in [6.45, 7) is 3.85. The van der Waals surface area contributed by atoms with Gasteiger partial charge in [0.05, 0.1) is 11.9 Å². The Hall–Kier alpha value is -1.71. The van der Waals surface area contributed by atoms with E-state index in [9.17, 15) is 0 Å². The Morgan fingerprint density at radius 3 is 2.38 bits per heavy atom. The van der Waals surface area contributed by atoms with Gasteiger partial charge in [0.1, 0.15) is 11.6 Å². The molecule has 0 bridgehead atoms. The fourth-order valence-corrected chi connectivity index (χ4v) is 1.33. The Balaban J connectivity index is 2.59. The lowest BCUT2D eigenvalue weighted by molar-refractivity contribution is 0.929. The molecular formula is C9H10N4. The highest BCUT2D eigenvalue weighted by molar-refractivity contribution is 5.30. The van der Waals surface area contributed by atoms with Gasteiger partial charge in [0.25, 0.3) is 0 Å². The average Bonchev–Trinajstić information content (AvgIpc) is 2.48. The predicted octanol–water partition coefficient (Wildman–Crippen LogP) is 1.28. The minimum Gasteiger partial charge on any atom is -0.282 e. The summed E-state index contributed by atoms with van der Waals surface area (Å²) in [5, 5.41) is 7.96. The van der Waals surface area contributed by atoms with Crippen molar-refractivity contribution in [2.45, 2.75) is 13.8 Å². The fraction of sp³-hybridized carbons (Fsp3) is 0.222. The van der Waals surface area contributed by atoms with Gasteiger partial charge in [0, 0.05) is 6.20 Å². The van der Waals surface area contributed by atoms with Crippen molar-refractivity contribution in [2.24, 2.45) is 0 Å². The summed E-state index contributed by atoms with van der Waals surface area (Å²) in [4.78, 5) is 4.05. The maximum absolute atomic E-state index is 4.05. The second-order valence-corrected chi connectivity index (χ2v) is 2.84. The number of hydrogen-bond donors (Lipinski definition) is 0. The van der Waals surface area contributed by atoms with Crippen LogP contribution in [0.4, 0.5) is 0 Å². The zero-order valence-electron chi connectivity index (χ0n) is 7.60. The maximum atomic E-state index is 4.05. The van der Waals surface area contributed by atoms with Gasteiger partial charge in [-0.1, -0.05) is 0 Å². The molecule has 0 aliphatic rings. The number of nitrogens with zero attached hydrogens (tertiary/aromatic N) is 4. The van der Waals surface area contributed by atoms with Gasteiger partial charge in [-0.3, -0.25) is 9.55 Å². The van der Waals surface area contributed by atoms with Gasteiger partial charge in [0.2, 0.25) is 0 Å². The van der Waals surface area contributed by atoms with Crippen molar-refractivity contribution >= 4 is 0 Å². The summed E-state index contributed by atoms with van der Waals surface area (Å²) in [6.07, 6.45) is 3.54. The Kier molecular flexibility index (Phi) is 1.81. The molecule has 0 amide bonds. The second-order valence-electron chi connectivity index (χ2n) is 2.84. The molecule has 0 N–H and O–H groups in total. The van der Waals surface area contributed by atoms with Crippen LogP contribution < -0.4 is 0 Å². The monoisotopic (exact) mass is 174 g/mol. The highest BCUT2D eigenvalue weighted by atomic mass is 15.3. The molecule has 2 aromatic rings. The smallest absolute Gasteiger partial charge is 0.134 e. The molecule has 0 atom stereocenters. The first-order chi connectivity index (χ1) is 6.29. The molecule has 0 unspecified atom stereocenters. The molecule has 0 aliphatic carbocycles. The first-order valence-electron chi connectivity index (χ1n) is 4.08. The van der Waals surface area contributed by atoms with Crippen molar-refractivity contribution in [1.82, 2.24) is 19.7 Å². The Labute approximate surface area is 76.3 Å². The number of hydrogen-bond acceptors (Lipinski definition) is 3. The first-order valence-corrected chi connectivity index (χ1v) is 4.08. The Bertz CT molecular complexity index is 385. The lowest BCUT2D eigenvalue weighted by Gasteiger charge is -2.03. The van der Waals surface area contributed by atoms with Crippen LogP contribution in [0.3, 0.4) is 0 Å². The van der Waals surface area contributed by atoms with Crippen molar-refractivity contribution in [3.8, 4) is 5.69 Å². The van der Waals surface area contributed by atoms with E-state index in [4.69, 9.17) is 0 Å². The normalized spacial score (nSPS) is 10.3. The van der Waals surface area contributed by atoms with Gasteiger partial charge in [-0.2, -0.15) is 0 Å². The van der Waals surface area contributed by atoms with Crippen LogP contribution in [0, 0.1) is 13.8 Å². The molecule has 0 aliphatic heterocycles. The third-order valence-corrected chi connectivity index (χ3v) is 1.89. The van der Waals surface area contributed by atoms with Crippen LogP contribution in [0.25, 0.3) is 5.69 Å². The van der Waals surface area contributed by atoms with Crippen molar-refractivity contribution in [1.29, 1.82) is 0 Å². The van der Waals surface area contributed by atoms with E-state index < -0.39 is 0 Å². The number of aryl methyl sites for hydroxylation is 2. The largest absolute Gasteiger partial charge is 0.282 e. The fourth-order valence-electron chi connectivity index (χ4n) is 1.33. The molecule has 0 aromatic carbocycles. The van der Waals surface area contributed by atoms with E-state index in [0.717, 1.165) is 17.3 Å². The molecule has 13 heavy (non-hydrogen) atoms. The molecule has 2 rings (SSSR count). The zero-order valence-corrected chi connectivity index (χ0v) is 7.60. The van der Waals surface area contributed by atoms with Crippen LogP contribution >= 0.6 is 0 Å². The minimum atomic E-state index is 0.880. The maximum Gasteiger partial charge on any atom is 0.134 e. The van der Waals surface area contributed by atoms with E-state index in [0.29, 0.717) is 0 Å². The van der Waals surface area contributed by atoms with Crippen molar-refractivity contribution in [3.05, 3.63) is 36.2 Å². The Morgan fingerprint density at radius 2 is 1.85 bits per heavy atom. The van der Waals surface area contributed by atoms with Gasteiger partial charge in [-0.15, -0.1) is 10.2 Å². The van der Waals surface area contributed by atoms with Gasteiger partial charge in [-0.25, -0.2) is 0 Å². The van der Waals surface area contributed by atoms with Gasteiger partial charge in [0.15, 0.2) is 0 Å². The van der Waals surface area contributed by atoms with E-state index in [1.807, 2.05) is 30.5 Å². The zero-order chi connectivity index (χ0) is 9.26. The third-order valence-electron chi connectivity index (χ3n) is 1.89. The molecule has 0 saturated carbocycles. The van der Waals surface area contributed by atoms with Gasteiger partial charge in [-0.05, 0) is 26.0 Å². The lowest BCUT2D eigenvalue weighted by Crippen LogP contribution is -1.99. The topological polar surface area (TPSA) is 43.6 Å². The summed E-state index contributed by atoms with van der Waals surface area (Å²) < 4.78 is 1.97. The number of rotatable bonds is 1. The summed E-state index contributed by atoms with van der Waals surface area (Å²) in [5.41, 5.74) is 1.00. The van der Waals surface area contributed by atoms with E-state index in [1.54, 1.807) is 12.4 Å². The first kappa shape index (κ1) is 7.91. The molecular weight excluding hydrogens is 164 g/mol. The standard InChI is InChI=1S/C9H10N4/c1-7-11-12-8(2)13(7)9-4-3-5-10-6-9/h3-6H,1-2H3. The van der Waals surface area contributed by atoms with E-state index in [-0.39, 0.29) is 0 Å². The van der Waals surface area contributed by atoms with Crippen LogP contribution in [0.2, 0.25) is 0 Å². The van der Waals surface area contributed by atoms with Crippen LogP contribution in [0.5, 0.6) is 0 Å². The second kappa shape index (κ2) is 2.97. The number of aromatic nitrogens is 4. The van der Waals surface area contributed by atoms with Crippen molar-refractivity contribution < 1.29 is 0 Å². The molecule has 0 spiro atoms. The minimum absolute atomic E-state index is 0.880.